The van der Waals surface area contributed by atoms with Crippen molar-refractivity contribution in [2.24, 2.45) is 5.92 Å². The third-order valence-electron chi connectivity index (χ3n) is 2.98. The summed E-state index contributed by atoms with van der Waals surface area (Å²) >= 11 is 11.8. The minimum Gasteiger partial charge on any atom is -0.481 e. The standard InChI is InChI=1S/C15H17Cl2NO3/c1-3-18(9-10(2)15(20)21)14(19)7-5-11-4-6-12(16)8-13(11)17/h4-8,10H,3,9H2,1-2H3,(H,20,21). The lowest BCUT2D eigenvalue weighted by atomic mass is 10.1. The Labute approximate surface area is 134 Å². The van der Waals surface area contributed by atoms with E-state index < -0.39 is 11.9 Å². The second-order valence-corrected chi connectivity index (χ2v) is 5.46. The maximum atomic E-state index is 12.1. The zero-order valence-electron chi connectivity index (χ0n) is 11.8. The van der Waals surface area contributed by atoms with Crippen molar-refractivity contribution in [3.63, 3.8) is 0 Å². The van der Waals surface area contributed by atoms with E-state index >= 15 is 0 Å². The van der Waals surface area contributed by atoms with Gasteiger partial charge < -0.3 is 10.0 Å². The predicted octanol–water partition coefficient (Wildman–Crippen LogP) is 3.58. The number of hydrogen-bond acceptors (Lipinski definition) is 2. The molecule has 0 fully saturated rings. The van der Waals surface area contributed by atoms with Gasteiger partial charge in [0.05, 0.1) is 5.92 Å². The summed E-state index contributed by atoms with van der Waals surface area (Å²) in [5, 5.41) is 9.87. The van der Waals surface area contributed by atoms with Crippen molar-refractivity contribution in [2.45, 2.75) is 13.8 Å². The van der Waals surface area contributed by atoms with Gasteiger partial charge in [0.2, 0.25) is 5.91 Å². The summed E-state index contributed by atoms with van der Waals surface area (Å²) in [5.74, 6) is -1.79. The van der Waals surface area contributed by atoms with Crippen LogP contribution in [0.1, 0.15) is 19.4 Å². The minimum absolute atomic E-state index is 0.170. The van der Waals surface area contributed by atoms with Crippen LogP contribution >= 0.6 is 23.2 Å². The van der Waals surface area contributed by atoms with E-state index in [9.17, 15) is 9.59 Å². The average Bonchev–Trinajstić information content (AvgIpc) is 2.43. The summed E-state index contributed by atoms with van der Waals surface area (Å²) in [4.78, 5) is 24.4. The van der Waals surface area contributed by atoms with Crippen LogP contribution in [0.5, 0.6) is 0 Å². The highest BCUT2D eigenvalue weighted by molar-refractivity contribution is 6.35. The van der Waals surface area contributed by atoms with Gasteiger partial charge in [-0.15, -0.1) is 0 Å². The number of aliphatic carboxylic acids is 1. The third-order valence-corrected chi connectivity index (χ3v) is 3.54. The first kappa shape index (κ1) is 17.5. The third kappa shape index (κ3) is 5.40. The summed E-state index contributed by atoms with van der Waals surface area (Å²) in [6.45, 7) is 3.98. The van der Waals surface area contributed by atoms with Gasteiger partial charge >= 0.3 is 5.97 Å². The molecule has 0 aliphatic carbocycles. The molecule has 0 spiro atoms. The zero-order valence-corrected chi connectivity index (χ0v) is 13.4. The number of benzene rings is 1. The van der Waals surface area contributed by atoms with Crippen LogP contribution in [0.2, 0.25) is 10.0 Å². The van der Waals surface area contributed by atoms with E-state index in [-0.39, 0.29) is 12.5 Å². The van der Waals surface area contributed by atoms with Crippen LogP contribution in [-0.2, 0) is 9.59 Å². The Hall–Kier alpha value is -1.52. The Kier molecular flexibility index (Phi) is 6.72. The Morgan fingerprint density at radius 1 is 1.38 bits per heavy atom. The number of carboxylic acids is 1. The van der Waals surface area contributed by atoms with Crippen LogP contribution in [0.3, 0.4) is 0 Å². The van der Waals surface area contributed by atoms with Crippen LogP contribution in [-0.4, -0.2) is 35.0 Å². The Morgan fingerprint density at radius 2 is 2.05 bits per heavy atom. The molecule has 0 aliphatic rings. The van der Waals surface area contributed by atoms with Gasteiger partial charge in [0.15, 0.2) is 0 Å². The molecule has 1 rings (SSSR count). The molecule has 1 atom stereocenters. The van der Waals surface area contributed by atoms with E-state index in [1.807, 2.05) is 0 Å². The summed E-state index contributed by atoms with van der Waals surface area (Å²) in [5.41, 5.74) is 0.678. The van der Waals surface area contributed by atoms with E-state index in [4.69, 9.17) is 28.3 Å². The Balaban J connectivity index is 2.77. The summed E-state index contributed by atoms with van der Waals surface area (Å²) in [6.07, 6.45) is 2.97. The van der Waals surface area contributed by atoms with Crippen LogP contribution in [0.4, 0.5) is 0 Å². The molecule has 0 saturated heterocycles. The van der Waals surface area contributed by atoms with Gasteiger partial charge in [-0.25, -0.2) is 0 Å². The monoisotopic (exact) mass is 329 g/mol. The fraction of sp³-hybridized carbons (Fsp3) is 0.333. The highest BCUT2D eigenvalue weighted by Crippen LogP contribution is 2.22. The van der Waals surface area contributed by atoms with E-state index in [1.54, 1.807) is 38.1 Å². The second kappa shape index (κ2) is 8.05. The van der Waals surface area contributed by atoms with Crippen molar-refractivity contribution >= 4 is 41.2 Å². The molecule has 0 aliphatic heterocycles. The molecule has 1 aromatic carbocycles. The minimum atomic E-state index is -0.925. The summed E-state index contributed by atoms with van der Waals surface area (Å²) in [7, 11) is 0. The zero-order chi connectivity index (χ0) is 16.0. The maximum absolute atomic E-state index is 12.1. The van der Waals surface area contributed by atoms with E-state index in [0.29, 0.717) is 22.2 Å². The second-order valence-electron chi connectivity index (χ2n) is 4.62. The first-order valence-corrected chi connectivity index (χ1v) is 7.25. The molecule has 0 bridgehead atoms. The van der Waals surface area contributed by atoms with Crippen LogP contribution < -0.4 is 0 Å². The number of rotatable bonds is 6. The smallest absolute Gasteiger partial charge is 0.308 e. The molecular weight excluding hydrogens is 313 g/mol. The van der Waals surface area contributed by atoms with Crippen molar-refractivity contribution in [1.29, 1.82) is 0 Å². The van der Waals surface area contributed by atoms with Gasteiger partial charge in [-0.1, -0.05) is 36.2 Å². The lowest BCUT2D eigenvalue weighted by molar-refractivity contribution is -0.142. The van der Waals surface area contributed by atoms with Crippen molar-refractivity contribution in [2.75, 3.05) is 13.1 Å². The van der Waals surface area contributed by atoms with E-state index in [2.05, 4.69) is 0 Å². The van der Waals surface area contributed by atoms with Gasteiger partial charge in [-0.3, -0.25) is 9.59 Å². The number of hydrogen-bond donors (Lipinski definition) is 1. The number of carbonyl (C=O) groups excluding carboxylic acids is 1. The van der Waals surface area contributed by atoms with Crippen molar-refractivity contribution in [3.8, 4) is 0 Å². The molecule has 0 radical (unpaired) electrons. The number of halogens is 2. The fourth-order valence-corrected chi connectivity index (χ4v) is 2.16. The predicted molar refractivity (Wildman–Crippen MR) is 84.5 cm³/mol. The first-order valence-electron chi connectivity index (χ1n) is 6.50. The molecular formula is C15H17Cl2NO3. The quantitative estimate of drug-likeness (QED) is 0.811. The van der Waals surface area contributed by atoms with Gasteiger partial charge in [0, 0.05) is 29.2 Å². The SMILES string of the molecule is CCN(CC(C)C(=O)O)C(=O)C=Cc1ccc(Cl)cc1Cl. The maximum Gasteiger partial charge on any atom is 0.308 e. The molecule has 6 heteroatoms. The van der Waals surface area contributed by atoms with Gasteiger partial charge in [0.25, 0.3) is 0 Å². The first-order chi connectivity index (χ1) is 9.85. The normalized spacial score (nSPS) is 12.4. The number of nitrogens with zero attached hydrogens (tertiary/aromatic N) is 1. The van der Waals surface area contributed by atoms with E-state index in [0.717, 1.165) is 0 Å². The Bertz CT molecular complexity index is 558. The number of carbonyl (C=O) groups is 2. The molecule has 21 heavy (non-hydrogen) atoms. The van der Waals surface area contributed by atoms with Gasteiger partial charge in [-0.05, 0) is 30.7 Å². The highest BCUT2D eigenvalue weighted by atomic mass is 35.5. The largest absolute Gasteiger partial charge is 0.481 e. The van der Waals surface area contributed by atoms with Crippen molar-refractivity contribution < 1.29 is 14.7 Å². The van der Waals surface area contributed by atoms with Crippen LogP contribution in [0, 0.1) is 5.92 Å². The molecule has 0 aromatic heterocycles. The van der Waals surface area contributed by atoms with Gasteiger partial charge in [-0.2, -0.15) is 0 Å². The molecule has 0 heterocycles. The van der Waals surface area contributed by atoms with Crippen molar-refractivity contribution in [3.05, 3.63) is 39.9 Å². The number of carboxylic acid groups (broad SMARTS) is 1. The summed E-state index contributed by atoms with van der Waals surface area (Å²) in [6, 6.07) is 4.99. The average molecular weight is 330 g/mol. The highest BCUT2D eigenvalue weighted by Gasteiger charge is 2.17. The molecule has 0 saturated carbocycles. The molecule has 1 amide bonds. The number of likely N-dealkylation sites (N-methyl/N-ethyl adjacent to an activating group) is 1. The van der Waals surface area contributed by atoms with Crippen molar-refractivity contribution in [1.82, 2.24) is 4.90 Å². The lowest BCUT2D eigenvalue weighted by Gasteiger charge is -2.21. The molecule has 1 aromatic rings. The number of amides is 1. The van der Waals surface area contributed by atoms with Gasteiger partial charge in [0.1, 0.15) is 0 Å². The molecule has 1 unspecified atom stereocenters. The molecule has 1 N–H and O–H groups in total. The van der Waals surface area contributed by atoms with Crippen LogP contribution in [0.25, 0.3) is 6.08 Å². The van der Waals surface area contributed by atoms with E-state index in [1.165, 1.54) is 11.0 Å². The Morgan fingerprint density at radius 3 is 2.57 bits per heavy atom. The molecule has 4 nitrogen and oxygen atoms in total. The van der Waals surface area contributed by atoms with Crippen LogP contribution in [0.15, 0.2) is 24.3 Å². The summed E-state index contributed by atoms with van der Waals surface area (Å²) < 4.78 is 0. The molecule has 114 valence electrons. The fourth-order valence-electron chi connectivity index (χ4n) is 1.69. The lowest BCUT2D eigenvalue weighted by Crippen LogP contribution is -2.35. The topological polar surface area (TPSA) is 57.6 Å².